The minimum absolute atomic E-state index is 0.0963. The van der Waals surface area contributed by atoms with Gasteiger partial charge in [-0.3, -0.25) is 9.69 Å². The van der Waals surface area contributed by atoms with Crippen LogP contribution >= 0.6 is 0 Å². The predicted molar refractivity (Wildman–Crippen MR) is 113 cm³/mol. The molecule has 0 aromatic heterocycles. The number of ether oxygens (including phenoxy) is 2. The van der Waals surface area contributed by atoms with Crippen molar-refractivity contribution < 1.29 is 19.1 Å². The number of hydrogen-bond donors (Lipinski definition) is 0. The molecule has 1 aromatic carbocycles. The van der Waals surface area contributed by atoms with E-state index in [0.29, 0.717) is 18.7 Å². The third-order valence-corrected chi connectivity index (χ3v) is 7.10. The van der Waals surface area contributed by atoms with Crippen molar-refractivity contribution in [3.8, 4) is 5.75 Å². The summed E-state index contributed by atoms with van der Waals surface area (Å²) in [5, 5.41) is 0. The van der Waals surface area contributed by atoms with Gasteiger partial charge in [0.2, 0.25) is 0 Å². The van der Waals surface area contributed by atoms with Crippen LogP contribution in [0.5, 0.6) is 5.75 Å². The van der Waals surface area contributed by atoms with Crippen LogP contribution in [-0.4, -0.2) is 66.1 Å². The Hall–Kier alpha value is -2.08. The molecule has 5 rings (SSSR count). The first-order valence-electron chi connectivity index (χ1n) is 11.7. The molecular weight excluding hydrogens is 380 g/mol. The van der Waals surface area contributed by atoms with E-state index in [4.69, 9.17) is 9.47 Å². The number of piperazine rings is 1. The number of fused-ring (bicyclic) bond motifs is 2. The van der Waals surface area contributed by atoms with Crippen molar-refractivity contribution in [2.24, 2.45) is 5.92 Å². The second-order valence-corrected chi connectivity index (χ2v) is 9.35. The maximum Gasteiger partial charge on any atom is 0.410 e. The highest BCUT2D eigenvalue weighted by atomic mass is 16.6. The predicted octanol–water partition coefficient (Wildman–Crippen LogP) is 3.89. The highest BCUT2D eigenvalue weighted by Crippen LogP contribution is 2.33. The van der Waals surface area contributed by atoms with Crippen molar-refractivity contribution in [2.45, 2.75) is 69.6 Å². The number of nitrogens with zero attached hydrogens (tertiary/aromatic N) is 2. The molecule has 2 atom stereocenters. The second kappa shape index (κ2) is 8.58. The number of likely N-dealkylation sites (tertiary alicyclic amines) is 2. The van der Waals surface area contributed by atoms with E-state index < -0.39 is 0 Å². The second-order valence-electron chi connectivity index (χ2n) is 9.35. The molecule has 6 heteroatoms. The van der Waals surface area contributed by atoms with E-state index in [9.17, 15) is 9.59 Å². The van der Waals surface area contributed by atoms with Gasteiger partial charge in [0.25, 0.3) is 0 Å². The van der Waals surface area contributed by atoms with E-state index in [1.807, 2.05) is 29.2 Å². The molecule has 2 saturated heterocycles. The van der Waals surface area contributed by atoms with Crippen LogP contribution in [0.3, 0.4) is 0 Å². The van der Waals surface area contributed by atoms with Gasteiger partial charge in [0, 0.05) is 43.2 Å². The van der Waals surface area contributed by atoms with Crippen LogP contribution in [0.1, 0.15) is 61.7 Å². The molecule has 1 amide bonds. The first kappa shape index (κ1) is 19.9. The lowest BCUT2D eigenvalue weighted by atomic mass is 10.1. The van der Waals surface area contributed by atoms with Gasteiger partial charge in [-0.1, -0.05) is 0 Å². The monoisotopic (exact) mass is 412 g/mol. The molecule has 2 aliphatic carbocycles. The lowest BCUT2D eigenvalue weighted by Gasteiger charge is -2.34. The van der Waals surface area contributed by atoms with E-state index in [1.54, 1.807) is 0 Å². The summed E-state index contributed by atoms with van der Waals surface area (Å²) < 4.78 is 11.6. The van der Waals surface area contributed by atoms with E-state index in [0.717, 1.165) is 69.5 Å². The minimum atomic E-state index is -0.0963. The van der Waals surface area contributed by atoms with Gasteiger partial charge in [-0.25, -0.2) is 4.79 Å². The molecule has 0 N–H and O–H groups in total. The van der Waals surface area contributed by atoms with E-state index >= 15 is 0 Å². The third-order valence-electron chi connectivity index (χ3n) is 7.10. The number of amides is 1. The average Bonchev–Trinajstić information content (AvgIpc) is 3.14. The first-order valence-corrected chi connectivity index (χ1v) is 11.7. The minimum Gasteiger partial charge on any atom is -0.494 e. The van der Waals surface area contributed by atoms with Crippen LogP contribution in [0.15, 0.2) is 24.3 Å². The van der Waals surface area contributed by atoms with Gasteiger partial charge < -0.3 is 14.4 Å². The van der Waals surface area contributed by atoms with Crippen LogP contribution in [0, 0.1) is 5.92 Å². The zero-order chi connectivity index (χ0) is 20.5. The Labute approximate surface area is 178 Å². The van der Waals surface area contributed by atoms with Gasteiger partial charge in [-0.05, 0) is 75.6 Å². The fourth-order valence-corrected chi connectivity index (χ4v) is 5.22. The largest absolute Gasteiger partial charge is 0.494 e. The van der Waals surface area contributed by atoms with Crippen LogP contribution < -0.4 is 4.74 Å². The van der Waals surface area contributed by atoms with E-state index in [-0.39, 0.29) is 23.9 Å². The smallest absolute Gasteiger partial charge is 0.410 e. The summed E-state index contributed by atoms with van der Waals surface area (Å²) in [5.74, 6) is 1.35. The zero-order valence-electron chi connectivity index (χ0n) is 17.6. The molecule has 30 heavy (non-hydrogen) atoms. The SMILES string of the molecule is O=C(c1ccc(OCCCN2C[C@@H]3C[C@H]2CN3C(=O)OC2CCCC2)cc1)C1CC1. The Bertz CT molecular complexity index is 770. The van der Waals surface area contributed by atoms with Crippen LogP contribution in [0.4, 0.5) is 4.79 Å². The average molecular weight is 413 g/mol. The van der Waals surface area contributed by atoms with Crippen molar-refractivity contribution in [3.63, 3.8) is 0 Å². The van der Waals surface area contributed by atoms with Gasteiger partial charge in [0.05, 0.1) is 6.61 Å². The molecular formula is C24H32N2O4. The quantitative estimate of drug-likeness (QED) is 0.479. The van der Waals surface area contributed by atoms with Crippen LogP contribution in [-0.2, 0) is 4.74 Å². The first-order chi connectivity index (χ1) is 14.7. The Morgan fingerprint density at radius 1 is 0.967 bits per heavy atom. The van der Waals surface area contributed by atoms with Crippen molar-refractivity contribution in [1.29, 1.82) is 0 Å². The molecule has 6 nitrogen and oxygen atoms in total. The number of ketones is 1. The molecule has 0 spiro atoms. The Morgan fingerprint density at radius 2 is 1.73 bits per heavy atom. The van der Waals surface area contributed by atoms with Crippen LogP contribution in [0.25, 0.3) is 0 Å². The van der Waals surface area contributed by atoms with E-state index in [1.165, 1.54) is 12.8 Å². The van der Waals surface area contributed by atoms with Crippen molar-refractivity contribution >= 4 is 11.9 Å². The number of Topliss-reactive ketones (excluding diaryl/α,β-unsaturated/α-hetero) is 1. The Balaban J connectivity index is 1.01. The summed E-state index contributed by atoms with van der Waals surface area (Å²) in [4.78, 5) is 29.0. The summed E-state index contributed by atoms with van der Waals surface area (Å²) >= 11 is 0. The number of rotatable bonds is 8. The number of hydrogen-bond acceptors (Lipinski definition) is 5. The zero-order valence-corrected chi connectivity index (χ0v) is 17.6. The summed E-state index contributed by atoms with van der Waals surface area (Å²) in [7, 11) is 0. The van der Waals surface area contributed by atoms with Gasteiger partial charge in [0.1, 0.15) is 11.9 Å². The van der Waals surface area contributed by atoms with Crippen molar-refractivity contribution in [2.75, 3.05) is 26.2 Å². The molecule has 2 heterocycles. The number of carbonyl (C=O) groups excluding carboxylic acids is 2. The molecule has 162 valence electrons. The highest BCUT2D eigenvalue weighted by molar-refractivity contribution is 5.99. The topological polar surface area (TPSA) is 59.1 Å². The van der Waals surface area contributed by atoms with Gasteiger partial charge >= 0.3 is 6.09 Å². The summed E-state index contributed by atoms with van der Waals surface area (Å²) in [6.07, 6.45) is 8.57. The third kappa shape index (κ3) is 4.34. The fraction of sp³-hybridized carbons (Fsp3) is 0.667. The molecule has 2 aliphatic heterocycles. The summed E-state index contributed by atoms with van der Waals surface area (Å²) in [5.41, 5.74) is 0.800. The molecule has 0 unspecified atom stereocenters. The van der Waals surface area contributed by atoms with E-state index in [2.05, 4.69) is 4.90 Å². The Morgan fingerprint density at radius 3 is 2.40 bits per heavy atom. The number of benzene rings is 1. The normalized spacial score (nSPS) is 26.3. The molecule has 2 bridgehead atoms. The fourth-order valence-electron chi connectivity index (χ4n) is 5.22. The van der Waals surface area contributed by atoms with Gasteiger partial charge in [-0.15, -0.1) is 0 Å². The van der Waals surface area contributed by atoms with Crippen molar-refractivity contribution in [3.05, 3.63) is 29.8 Å². The highest BCUT2D eigenvalue weighted by Gasteiger charge is 2.45. The summed E-state index contributed by atoms with van der Waals surface area (Å²) in [6, 6.07) is 8.34. The van der Waals surface area contributed by atoms with Crippen molar-refractivity contribution in [1.82, 2.24) is 9.80 Å². The van der Waals surface area contributed by atoms with Crippen LogP contribution in [0.2, 0.25) is 0 Å². The molecule has 2 saturated carbocycles. The molecule has 4 fully saturated rings. The molecule has 1 aromatic rings. The maximum absolute atomic E-state index is 12.5. The molecule has 0 radical (unpaired) electrons. The summed E-state index contributed by atoms with van der Waals surface area (Å²) in [6.45, 7) is 3.40. The molecule has 4 aliphatic rings. The Kier molecular flexibility index (Phi) is 5.68. The van der Waals surface area contributed by atoms with Gasteiger partial charge in [-0.2, -0.15) is 0 Å². The maximum atomic E-state index is 12.5. The van der Waals surface area contributed by atoms with Gasteiger partial charge in [0.15, 0.2) is 5.78 Å². The lowest BCUT2D eigenvalue weighted by Crippen LogP contribution is -2.49. The standard InChI is InChI=1S/C24H32N2O4/c27-23(17-6-7-17)18-8-10-21(11-9-18)29-13-3-12-25-15-20-14-19(25)16-26(20)24(28)30-22-4-1-2-5-22/h8-11,17,19-20,22H,1-7,12-16H2/t19-,20-/m0/s1. The lowest BCUT2D eigenvalue weighted by molar-refractivity contribution is 0.0458. The number of carbonyl (C=O) groups is 2.